The normalized spacial score (nSPS) is 22.8. The second-order valence-corrected chi connectivity index (χ2v) is 7.15. The molecule has 1 aliphatic heterocycles. The van der Waals surface area contributed by atoms with Crippen molar-refractivity contribution in [3.05, 3.63) is 46.6 Å². The van der Waals surface area contributed by atoms with Crippen LogP contribution in [0, 0.1) is 5.82 Å². The maximum absolute atomic E-state index is 13.7. The van der Waals surface area contributed by atoms with Crippen molar-refractivity contribution in [2.45, 2.75) is 37.5 Å². The van der Waals surface area contributed by atoms with Crippen LogP contribution in [0.1, 0.15) is 48.6 Å². The van der Waals surface area contributed by atoms with Gasteiger partial charge in [-0.1, -0.05) is 6.07 Å². The lowest BCUT2D eigenvalue weighted by Crippen LogP contribution is -2.31. The summed E-state index contributed by atoms with van der Waals surface area (Å²) in [6, 6.07) is 5.13. The van der Waals surface area contributed by atoms with Gasteiger partial charge in [-0.2, -0.15) is 0 Å². The molecule has 25 heavy (non-hydrogen) atoms. The zero-order valence-corrected chi connectivity index (χ0v) is 15.0. The summed E-state index contributed by atoms with van der Waals surface area (Å²) in [4.78, 5) is 11.1. The third-order valence-electron chi connectivity index (χ3n) is 5.22. The van der Waals surface area contributed by atoms with Crippen molar-refractivity contribution in [2.75, 3.05) is 25.1 Å². The quantitative estimate of drug-likeness (QED) is 0.749. The van der Waals surface area contributed by atoms with Gasteiger partial charge < -0.3 is 9.64 Å². The number of halogens is 2. The van der Waals surface area contributed by atoms with Crippen molar-refractivity contribution < 1.29 is 9.13 Å². The van der Waals surface area contributed by atoms with Gasteiger partial charge in [0.25, 0.3) is 0 Å². The smallest absolute Gasteiger partial charge is 0.224 e. The minimum absolute atomic E-state index is 0.296. The van der Waals surface area contributed by atoms with Crippen LogP contribution in [-0.4, -0.2) is 30.2 Å². The fourth-order valence-corrected chi connectivity index (χ4v) is 3.92. The molecule has 0 amide bonds. The Bertz CT molecular complexity index is 779. The molecule has 4 nitrogen and oxygen atoms in total. The van der Waals surface area contributed by atoms with Crippen LogP contribution in [-0.2, 0) is 0 Å². The first-order valence-corrected chi connectivity index (χ1v) is 9.16. The Morgan fingerprint density at radius 2 is 2.00 bits per heavy atom. The van der Waals surface area contributed by atoms with Gasteiger partial charge in [0.15, 0.2) is 11.6 Å². The van der Waals surface area contributed by atoms with Crippen LogP contribution in [0.2, 0.25) is 5.28 Å². The number of piperidine rings is 1. The average Bonchev–Trinajstić information content (AvgIpc) is 3.43. The molecule has 1 aromatic carbocycles. The van der Waals surface area contributed by atoms with Gasteiger partial charge in [0, 0.05) is 24.8 Å². The van der Waals surface area contributed by atoms with E-state index in [0.717, 1.165) is 36.5 Å². The predicted octanol–water partition coefficient (Wildman–Crippen LogP) is 4.54. The highest BCUT2D eigenvalue weighted by Gasteiger charge is 2.42. The summed E-state index contributed by atoms with van der Waals surface area (Å²) < 4.78 is 18.8. The minimum Gasteiger partial charge on any atom is -0.494 e. The van der Waals surface area contributed by atoms with E-state index < -0.39 is 0 Å². The largest absolute Gasteiger partial charge is 0.494 e. The van der Waals surface area contributed by atoms with Gasteiger partial charge in [-0.15, -0.1) is 0 Å². The highest BCUT2D eigenvalue weighted by Crippen LogP contribution is 2.56. The molecule has 6 heteroatoms. The van der Waals surface area contributed by atoms with Gasteiger partial charge in [0.2, 0.25) is 5.28 Å². The van der Waals surface area contributed by atoms with E-state index in [1.54, 1.807) is 6.07 Å². The molecule has 0 spiro atoms. The van der Waals surface area contributed by atoms with E-state index in [2.05, 4.69) is 14.9 Å². The fourth-order valence-electron chi connectivity index (χ4n) is 3.80. The third kappa shape index (κ3) is 3.30. The van der Waals surface area contributed by atoms with Crippen LogP contribution in [0.4, 0.5) is 10.2 Å². The first kappa shape index (κ1) is 16.6. The van der Waals surface area contributed by atoms with Crippen LogP contribution in [0.25, 0.3) is 0 Å². The Morgan fingerprint density at radius 1 is 1.20 bits per heavy atom. The molecule has 1 aliphatic carbocycles. The summed E-state index contributed by atoms with van der Waals surface area (Å²) >= 11 is 6.06. The predicted molar refractivity (Wildman–Crippen MR) is 96.2 cm³/mol. The summed E-state index contributed by atoms with van der Waals surface area (Å²) in [5.41, 5.74) is 2.25. The SMILES string of the molecule is COc1cc(C2CC2c2cnc(Cl)nc2N2CCCCC2)ccc1F. The Morgan fingerprint density at radius 3 is 2.76 bits per heavy atom. The molecule has 1 saturated carbocycles. The Kier molecular flexibility index (Phi) is 4.50. The fraction of sp³-hybridized carbons (Fsp3) is 0.474. The molecule has 4 rings (SSSR count). The van der Waals surface area contributed by atoms with E-state index in [-0.39, 0.29) is 5.82 Å². The first-order chi connectivity index (χ1) is 12.2. The number of aromatic nitrogens is 2. The second-order valence-electron chi connectivity index (χ2n) is 6.81. The Balaban J connectivity index is 1.61. The summed E-state index contributed by atoms with van der Waals surface area (Å²) in [5, 5.41) is 0.296. The highest BCUT2D eigenvalue weighted by molar-refractivity contribution is 6.28. The van der Waals surface area contributed by atoms with Gasteiger partial charge in [-0.05, 0) is 66.8 Å². The van der Waals surface area contributed by atoms with Crippen molar-refractivity contribution in [2.24, 2.45) is 0 Å². The number of nitrogens with zero attached hydrogens (tertiary/aromatic N) is 3. The van der Waals surface area contributed by atoms with Crippen LogP contribution in [0.15, 0.2) is 24.4 Å². The van der Waals surface area contributed by atoms with E-state index in [0.29, 0.717) is 22.9 Å². The van der Waals surface area contributed by atoms with Crippen molar-refractivity contribution in [1.29, 1.82) is 0 Å². The van der Waals surface area contributed by atoms with Gasteiger partial charge in [0.1, 0.15) is 5.82 Å². The number of methoxy groups -OCH3 is 1. The minimum atomic E-state index is -0.327. The van der Waals surface area contributed by atoms with E-state index in [1.807, 2.05) is 12.3 Å². The van der Waals surface area contributed by atoms with Gasteiger partial charge in [0.05, 0.1) is 7.11 Å². The standard InChI is InChI=1S/C19H21ClFN3O/c1-25-17-9-12(5-6-16(17)21)13-10-14(13)15-11-22-19(20)23-18(15)24-7-3-2-4-8-24/h5-6,9,11,13-14H,2-4,7-8,10H2,1H3. The van der Waals surface area contributed by atoms with Crippen LogP contribution >= 0.6 is 11.6 Å². The monoisotopic (exact) mass is 361 g/mol. The lowest BCUT2D eigenvalue weighted by atomic mass is 10.0. The Hall–Kier alpha value is -1.88. The number of hydrogen-bond acceptors (Lipinski definition) is 4. The number of anilines is 1. The molecule has 2 unspecified atom stereocenters. The molecule has 2 aliphatic rings. The lowest BCUT2D eigenvalue weighted by molar-refractivity contribution is 0.386. The van der Waals surface area contributed by atoms with Gasteiger partial charge in [-0.3, -0.25) is 0 Å². The second kappa shape index (κ2) is 6.79. The molecule has 0 radical (unpaired) electrons. The van der Waals surface area contributed by atoms with E-state index in [1.165, 1.54) is 32.4 Å². The van der Waals surface area contributed by atoms with Gasteiger partial charge in [-0.25, -0.2) is 14.4 Å². The zero-order valence-electron chi connectivity index (χ0n) is 14.2. The molecule has 2 heterocycles. The zero-order chi connectivity index (χ0) is 17.4. The molecule has 2 fully saturated rings. The molecule has 0 bridgehead atoms. The van der Waals surface area contributed by atoms with Crippen molar-refractivity contribution in [3.63, 3.8) is 0 Å². The molecule has 1 saturated heterocycles. The van der Waals surface area contributed by atoms with Crippen LogP contribution in [0.3, 0.4) is 0 Å². The van der Waals surface area contributed by atoms with E-state index in [4.69, 9.17) is 16.3 Å². The first-order valence-electron chi connectivity index (χ1n) is 8.78. The van der Waals surface area contributed by atoms with Crippen LogP contribution in [0.5, 0.6) is 5.75 Å². The summed E-state index contributed by atoms with van der Waals surface area (Å²) in [6.07, 6.45) is 6.52. The summed E-state index contributed by atoms with van der Waals surface area (Å²) in [5.74, 6) is 1.65. The lowest BCUT2D eigenvalue weighted by Gasteiger charge is -2.29. The molecule has 132 valence electrons. The maximum Gasteiger partial charge on any atom is 0.224 e. The van der Waals surface area contributed by atoms with Gasteiger partial charge >= 0.3 is 0 Å². The molecule has 2 atom stereocenters. The average molecular weight is 362 g/mol. The topological polar surface area (TPSA) is 38.3 Å². The van der Waals surface area contributed by atoms with E-state index >= 15 is 0 Å². The number of rotatable bonds is 4. The molecular weight excluding hydrogens is 341 g/mol. The highest BCUT2D eigenvalue weighted by atomic mass is 35.5. The summed E-state index contributed by atoms with van der Waals surface area (Å²) in [7, 11) is 1.49. The van der Waals surface area contributed by atoms with E-state index in [9.17, 15) is 4.39 Å². The number of benzene rings is 1. The van der Waals surface area contributed by atoms with Crippen LogP contribution < -0.4 is 9.64 Å². The van der Waals surface area contributed by atoms with Crippen molar-refractivity contribution >= 4 is 17.4 Å². The number of ether oxygens (including phenoxy) is 1. The maximum atomic E-state index is 13.7. The third-order valence-corrected chi connectivity index (χ3v) is 5.40. The molecule has 1 aromatic heterocycles. The van der Waals surface area contributed by atoms with Crippen molar-refractivity contribution in [1.82, 2.24) is 9.97 Å². The molecule has 2 aromatic rings. The molecular formula is C19H21ClFN3O. The summed E-state index contributed by atoms with van der Waals surface area (Å²) in [6.45, 7) is 2.03. The Labute approximate surface area is 152 Å². The van der Waals surface area contributed by atoms with Crippen molar-refractivity contribution in [3.8, 4) is 5.75 Å². The number of hydrogen-bond donors (Lipinski definition) is 0. The molecule has 0 N–H and O–H groups in total.